The van der Waals surface area contributed by atoms with Crippen molar-refractivity contribution in [3.8, 4) is 0 Å². The summed E-state index contributed by atoms with van der Waals surface area (Å²) in [5.74, 6) is 0.778. The van der Waals surface area contributed by atoms with E-state index in [-0.39, 0.29) is 17.9 Å². The van der Waals surface area contributed by atoms with Gasteiger partial charge in [-0.3, -0.25) is 0 Å². The van der Waals surface area contributed by atoms with Crippen molar-refractivity contribution in [3.05, 3.63) is 15.7 Å². The molecule has 0 fully saturated rings. The molecule has 0 aliphatic heterocycles. The van der Waals surface area contributed by atoms with Gasteiger partial charge in [-0.25, -0.2) is 9.97 Å². The molecule has 20 heavy (non-hydrogen) atoms. The van der Waals surface area contributed by atoms with Gasteiger partial charge in [-0.2, -0.15) is 0 Å². The monoisotopic (exact) mass is 311 g/mol. The van der Waals surface area contributed by atoms with Crippen molar-refractivity contribution in [2.75, 3.05) is 11.9 Å². The van der Waals surface area contributed by atoms with Gasteiger partial charge in [-0.1, -0.05) is 6.92 Å². The lowest BCUT2D eigenvalue weighted by atomic mass is 9.97. The summed E-state index contributed by atoms with van der Waals surface area (Å²) in [6.45, 7) is 2.13. The van der Waals surface area contributed by atoms with Gasteiger partial charge in [-0.15, -0.1) is 11.3 Å². The van der Waals surface area contributed by atoms with E-state index in [1.807, 2.05) is 6.92 Å². The summed E-state index contributed by atoms with van der Waals surface area (Å²) in [7, 11) is 0. The maximum atomic E-state index is 9.38. The Morgan fingerprint density at radius 1 is 1.35 bits per heavy atom. The highest BCUT2D eigenvalue weighted by molar-refractivity contribution is 7.19. The number of aromatic nitrogens is 2. The van der Waals surface area contributed by atoms with E-state index in [9.17, 15) is 5.11 Å². The van der Waals surface area contributed by atoms with Crippen LogP contribution in [-0.4, -0.2) is 27.7 Å². The van der Waals surface area contributed by atoms with Crippen LogP contribution in [0.25, 0.3) is 10.2 Å². The zero-order chi connectivity index (χ0) is 14.1. The first-order valence-corrected chi connectivity index (χ1v) is 8.27. The molecule has 4 nitrogen and oxygen atoms in total. The van der Waals surface area contributed by atoms with Crippen molar-refractivity contribution in [3.63, 3.8) is 0 Å². The number of hydrogen-bond donors (Lipinski definition) is 2. The fourth-order valence-corrected chi connectivity index (χ4v) is 4.19. The quantitative estimate of drug-likeness (QED) is 0.850. The largest absolute Gasteiger partial charge is 0.394 e. The third kappa shape index (κ3) is 2.50. The number of hydrogen-bond acceptors (Lipinski definition) is 5. The van der Waals surface area contributed by atoms with Crippen LogP contribution in [0.5, 0.6) is 0 Å². The van der Waals surface area contributed by atoms with Gasteiger partial charge >= 0.3 is 0 Å². The number of rotatable bonds is 4. The summed E-state index contributed by atoms with van der Waals surface area (Å²) in [6, 6.07) is 0.00306. The van der Waals surface area contributed by atoms with Crippen LogP contribution in [0.1, 0.15) is 36.6 Å². The predicted octanol–water partition coefficient (Wildman–Crippen LogP) is 3.41. The zero-order valence-electron chi connectivity index (χ0n) is 11.4. The van der Waals surface area contributed by atoms with E-state index < -0.39 is 0 Å². The van der Waals surface area contributed by atoms with Gasteiger partial charge < -0.3 is 10.4 Å². The fraction of sp³-hybridized carbons (Fsp3) is 0.571. The van der Waals surface area contributed by atoms with Crippen LogP contribution in [0.3, 0.4) is 0 Å². The molecule has 108 valence electrons. The molecule has 0 saturated heterocycles. The Hall–Kier alpha value is -0.910. The molecule has 0 bridgehead atoms. The van der Waals surface area contributed by atoms with Gasteiger partial charge in [0.05, 0.1) is 18.0 Å². The van der Waals surface area contributed by atoms with E-state index in [0.717, 1.165) is 35.3 Å². The second-order valence-electron chi connectivity index (χ2n) is 5.16. The Balaban J connectivity index is 2.11. The van der Waals surface area contributed by atoms with Gasteiger partial charge in [0.15, 0.2) is 0 Å². The highest BCUT2D eigenvalue weighted by atomic mass is 35.5. The zero-order valence-corrected chi connectivity index (χ0v) is 13.0. The standard InChI is InChI=1S/C14H18ClN3OS/c1-2-8(7-19)16-12-11-9-5-3-4-6-10(9)20-13(11)18-14(15)17-12/h8,19H,2-7H2,1H3,(H,16,17,18). The number of fused-ring (bicyclic) bond motifs is 3. The summed E-state index contributed by atoms with van der Waals surface area (Å²) in [4.78, 5) is 11.1. The molecule has 1 unspecified atom stereocenters. The van der Waals surface area contributed by atoms with Crippen molar-refractivity contribution >= 4 is 39.0 Å². The molecule has 1 aliphatic carbocycles. The average Bonchev–Trinajstić information content (AvgIpc) is 2.82. The van der Waals surface area contributed by atoms with E-state index in [2.05, 4.69) is 15.3 Å². The minimum absolute atomic E-state index is 0.00306. The summed E-state index contributed by atoms with van der Waals surface area (Å²) < 4.78 is 0. The molecule has 0 saturated carbocycles. The SMILES string of the molecule is CCC(CO)Nc1nc(Cl)nc2sc3c(c12)CCCC3. The number of halogens is 1. The molecular formula is C14H18ClN3OS. The summed E-state index contributed by atoms with van der Waals surface area (Å²) >= 11 is 7.77. The van der Waals surface area contributed by atoms with Crippen molar-refractivity contribution in [2.24, 2.45) is 0 Å². The molecule has 2 aromatic rings. The van der Waals surface area contributed by atoms with Crippen LogP contribution < -0.4 is 5.32 Å². The first-order valence-electron chi connectivity index (χ1n) is 7.08. The maximum absolute atomic E-state index is 9.38. The van der Waals surface area contributed by atoms with Crippen molar-refractivity contribution in [2.45, 2.75) is 45.1 Å². The number of aliphatic hydroxyl groups excluding tert-OH is 1. The number of nitrogens with zero attached hydrogens (tertiary/aromatic N) is 2. The third-order valence-corrected chi connectivity index (χ3v) is 5.20. The molecule has 1 aliphatic rings. The third-order valence-electron chi connectivity index (χ3n) is 3.84. The minimum Gasteiger partial charge on any atom is -0.394 e. The number of nitrogens with one attached hydrogen (secondary N) is 1. The van der Waals surface area contributed by atoms with Gasteiger partial charge in [0, 0.05) is 4.88 Å². The average molecular weight is 312 g/mol. The number of aliphatic hydroxyl groups is 1. The van der Waals surface area contributed by atoms with Gasteiger partial charge in [-0.05, 0) is 49.3 Å². The van der Waals surface area contributed by atoms with Crippen LogP contribution in [0.2, 0.25) is 5.28 Å². The molecule has 2 aromatic heterocycles. The van der Waals surface area contributed by atoms with Crippen LogP contribution in [0.4, 0.5) is 5.82 Å². The molecule has 2 N–H and O–H groups in total. The first kappa shape index (κ1) is 14.0. The summed E-state index contributed by atoms with van der Waals surface area (Å²) in [6.07, 6.45) is 5.53. The predicted molar refractivity (Wildman–Crippen MR) is 83.9 cm³/mol. The van der Waals surface area contributed by atoms with E-state index in [1.54, 1.807) is 11.3 Å². The fourth-order valence-electron chi connectivity index (χ4n) is 2.71. The lowest BCUT2D eigenvalue weighted by Crippen LogP contribution is -2.23. The second kappa shape index (κ2) is 5.84. The lowest BCUT2D eigenvalue weighted by Gasteiger charge is -2.17. The van der Waals surface area contributed by atoms with Gasteiger partial charge in [0.1, 0.15) is 10.6 Å². The van der Waals surface area contributed by atoms with Crippen molar-refractivity contribution in [1.29, 1.82) is 0 Å². The number of anilines is 1. The Bertz CT molecular complexity index is 624. The Morgan fingerprint density at radius 3 is 2.90 bits per heavy atom. The van der Waals surface area contributed by atoms with Gasteiger partial charge in [0.2, 0.25) is 5.28 Å². The summed E-state index contributed by atoms with van der Waals surface area (Å²) in [5.41, 5.74) is 1.38. The van der Waals surface area contributed by atoms with Crippen molar-refractivity contribution in [1.82, 2.24) is 9.97 Å². The maximum Gasteiger partial charge on any atom is 0.225 e. The minimum atomic E-state index is 0.00306. The Labute approximate surface area is 127 Å². The number of thiophene rings is 1. The van der Waals surface area contributed by atoms with Crippen molar-refractivity contribution < 1.29 is 5.11 Å². The normalized spacial score (nSPS) is 16.1. The van der Waals surface area contributed by atoms with E-state index >= 15 is 0 Å². The molecular weight excluding hydrogens is 294 g/mol. The first-order chi connectivity index (χ1) is 9.72. The Morgan fingerprint density at radius 2 is 2.15 bits per heavy atom. The highest BCUT2D eigenvalue weighted by Crippen LogP contribution is 2.39. The van der Waals surface area contributed by atoms with Crippen LogP contribution in [0, 0.1) is 0 Å². The van der Waals surface area contributed by atoms with Crippen LogP contribution in [0.15, 0.2) is 0 Å². The molecule has 0 spiro atoms. The van der Waals surface area contributed by atoms with Gasteiger partial charge in [0.25, 0.3) is 0 Å². The second-order valence-corrected chi connectivity index (χ2v) is 6.59. The molecule has 6 heteroatoms. The molecule has 1 atom stereocenters. The summed E-state index contributed by atoms with van der Waals surface area (Å²) in [5, 5.41) is 14.1. The number of aryl methyl sites for hydroxylation is 2. The molecule has 0 amide bonds. The highest BCUT2D eigenvalue weighted by Gasteiger charge is 2.21. The smallest absolute Gasteiger partial charge is 0.225 e. The Kier molecular flexibility index (Phi) is 4.10. The molecule has 3 rings (SSSR count). The van der Waals surface area contributed by atoms with Crippen LogP contribution in [-0.2, 0) is 12.8 Å². The lowest BCUT2D eigenvalue weighted by molar-refractivity contribution is 0.271. The van der Waals surface area contributed by atoms with E-state index in [1.165, 1.54) is 23.3 Å². The molecule has 0 radical (unpaired) electrons. The van der Waals surface area contributed by atoms with E-state index in [0.29, 0.717) is 0 Å². The topological polar surface area (TPSA) is 58.0 Å². The van der Waals surface area contributed by atoms with E-state index in [4.69, 9.17) is 11.6 Å². The molecule has 0 aromatic carbocycles. The molecule has 2 heterocycles. The van der Waals surface area contributed by atoms with Crippen LogP contribution >= 0.6 is 22.9 Å².